The summed E-state index contributed by atoms with van der Waals surface area (Å²) in [6.45, 7) is 4.35. The second-order valence-corrected chi connectivity index (χ2v) is 6.84. The molecule has 1 atom stereocenters. The average Bonchev–Trinajstić information content (AvgIpc) is 2.89. The molecule has 0 aromatic heterocycles. The fraction of sp³-hybridized carbons (Fsp3) is 0.538. The van der Waals surface area contributed by atoms with Crippen LogP contribution in [-0.2, 0) is 21.3 Å². The summed E-state index contributed by atoms with van der Waals surface area (Å²) in [5.74, 6) is 0. The number of sulfonamides is 1. The fourth-order valence-electron chi connectivity index (χ4n) is 2.03. The summed E-state index contributed by atoms with van der Waals surface area (Å²) < 4.78 is 32.4. The van der Waals surface area contributed by atoms with E-state index in [4.69, 9.17) is 16.3 Å². The monoisotopic (exact) mass is 318 g/mol. The summed E-state index contributed by atoms with van der Waals surface area (Å²) in [6.07, 6.45) is 0.705. The highest BCUT2D eigenvalue weighted by Crippen LogP contribution is 2.21. The molecule has 0 radical (unpaired) electrons. The van der Waals surface area contributed by atoms with Gasteiger partial charge in [0.25, 0.3) is 0 Å². The van der Waals surface area contributed by atoms with Crippen LogP contribution in [0.4, 0.5) is 0 Å². The number of ether oxygens (including phenoxy) is 1. The van der Waals surface area contributed by atoms with E-state index < -0.39 is 10.0 Å². The number of hydrogen-bond donors (Lipinski definition) is 2. The molecule has 2 rings (SSSR count). The molecule has 2 N–H and O–H groups in total. The molecule has 0 aliphatic carbocycles. The molecule has 1 aliphatic heterocycles. The molecule has 20 heavy (non-hydrogen) atoms. The Balaban J connectivity index is 2.17. The van der Waals surface area contributed by atoms with Gasteiger partial charge >= 0.3 is 0 Å². The lowest BCUT2D eigenvalue weighted by atomic mass is 10.2. The third kappa shape index (κ3) is 3.93. The van der Waals surface area contributed by atoms with Gasteiger partial charge in [0.2, 0.25) is 10.0 Å². The highest BCUT2D eigenvalue weighted by molar-refractivity contribution is 7.89. The van der Waals surface area contributed by atoms with Gasteiger partial charge in [-0.15, -0.1) is 0 Å². The minimum absolute atomic E-state index is 0.145. The molecule has 1 aliphatic rings. The van der Waals surface area contributed by atoms with Crippen molar-refractivity contribution in [3.63, 3.8) is 0 Å². The number of rotatable bonds is 6. The predicted molar refractivity (Wildman–Crippen MR) is 78.4 cm³/mol. The van der Waals surface area contributed by atoms with Crippen LogP contribution in [-0.4, -0.2) is 34.2 Å². The first kappa shape index (κ1) is 15.7. The maximum absolute atomic E-state index is 12.3. The number of benzene rings is 1. The molecular formula is C13H19ClN2O3S. The van der Waals surface area contributed by atoms with Crippen molar-refractivity contribution in [2.45, 2.75) is 30.8 Å². The van der Waals surface area contributed by atoms with Crippen LogP contribution in [0.15, 0.2) is 23.1 Å². The summed E-state index contributed by atoms with van der Waals surface area (Å²) in [6, 6.07) is 4.61. The molecule has 1 heterocycles. The molecule has 1 saturated heterocycles. The Morgan fingerprint density at radius 1 is 1.45 bits per heavy atom. The summed E-state index contributed by atoms with van der Waals surface area (Å²) >= 11 is 6.08. The van der Waals surface area contributed by atoms with Crippen molar-refractivity contribution in [3.8, 4) is 0 Å². The van der Waals surface area contributed by atoms with Crippen LogP contribution in [0.3, 0.4) is 0 Å². The van der Waals surface area contributed by atoms with Crippen molar-refractivity contribution in [1.29, 1.82) is 0 Å². The van der Waals surface area contributed by atoms with Crippen LogP contribution in [0.2, 0.25) is 5.02 Å². The van der Waals surface area contributed by atoms with Gasteiger partial charge < -0.3 is 10.1 Å². The highest BCUT2D eigenvalue weighted by Gasteiger charge is 2.23. The fourth-order valence-corrected chi connectivity index (χ4v) is 3.52. The van der Waals surface area contributed by atoms with E-state index in [0.29, 0.717) is 31.2 Å². The number of halogens is 1. The van der Waals surface area contributed by atoms with Crippen LogP contribution >= 0.6 is 11.6 Å². The second-order valence-electron chi connectivity index (χ2n) is 4.72. The van der Waals surface area contributed by atoms with E-state index in [-0.39, 0.29) is 10.9 Å². The van der Waals surface area contributed by atoms with Crippen molar-refractivity contribution in [2.24, 2.45) is 0 Å². The summed E-state index contributed by atoms with van der Waals surface area (Å²) in [5.41, 5.74) is 0.777. The van der Waals surface area contributed by atoms with Gasteiger partial charge in [0, 0.05) is 24.2 Å². The molecule has 0 bridgehead atoms. The zero-order chi connectivity index (χ0) is 14.6. The van der Waals surface area contributed by atoms with Gasteiger partial charge in [0.15, 0.2) is 0 Å². The third-order valence-corrected chi connectivity index (χ3v) is 5.03. The zero-order valence-corrected chi connectivity index (χ0v) is 12.9. The summed E-state index contributed by atoms with van der Waals surface area (Å²) in [4.78, 5) is 0.238. The van der Waals surface area contributed by atoms with Crippen LogP contribution in [0.5, 0.6) is 0 Å². The first-order valence-corrected chi connectivity index (χ1v) is 8.48. The molecule has 1 unspecified atom stereocenters. The molecule has 1 aromatic carbocycles. The first-order valence-electron chi connectivity index (χ1n) is 6.62. The van der Waals surface area contributed by atoms with Crippen LogP contribution in [0.1, 0.15) is 18.9 Å². The normalized spacial score (nSPS) is 19.4. The zero-order valence-electron chi connectivity index (χ0n) is 11.4. The molecule has 0 saturated carbocycles. The van der Waals surface area contributed by atoms with E-state index in [9.17, 15) is 8.42 Å². The van der Waals surface area contributed by atoms with Crippen molar-refractivity contribution in [3.05, 3.63) is 28.8 Å². The minimum atomic E-state index is -3.52. The van der Waals surface area contributed by atoms with Crippen LogP contribution in [0.25, 0.3) is 0 Å². The Morgan fingerprint density at radius 2 is 2.25 bits per heavy atom. The Bertz CT molecular complexity index is 557. The lowest BCUT2D eigenvalue weighted by Crippen LogP contribution is -2.35. The highest BCUT2D eigenvalue weighted by atomic mass is 35.5. The van der Waals surface area contributed by atoms with Crippen LogP contribution in [0, 0.1) is 0 Å². The van der Waals surface area contributed by atoms with Gasteiger partial charge in [-0.25, -0.2) is 13.1 Å². The quantitative estimate of drug-likeness (QED) is 0.834. The topological polar surface area (TPSA) is 67.4 Å². The van der Waals surface area contributed by atoms with E-state index >= 15 is 0 Å². The Hall–Kier alpha value is -0.660. The number of nitrogens with one attached hydrogen (secondary N) is 2. The predicted octanol–water partition coefficient (Wildman–Crippen LogP) is 1.52. The third-order valence-electron chi connectivity index (χ3n) is 3.14. The molecule has 0 spiro atoms. The first-order chi connectivity index (χ1) is 9.53. The molecule has 5 nitrogen and oxygen atoms in total. The molecule has 7 heteroatoms. The van der Waals surface area contributed by atoms with Gasteiger partial charge in [0.05, 0.1) is 11.5 Å². The van der Waals surface area contributed by atoms with Crippen molar-refractivity contribution in [2.75, 3.05) is 19.8 Å². The van der Waals surface area contributed by atoms with E-state index in [2.05, 4.69) is 10.0 Å². The Kier molecular flexibility index (Phi) is 5.40. The lowest BCUT2D eigenvalue weighted by Gasteiger charge is -2.13. The molecule has 112 valence electrons. The van der Waals surface area contributed by atoms with E-state index in [0.717, 1.165) is 12.1 Å². The average molecular weight is 319 g/mol. The Morgan fingerprint density at radius 3 is 2.90 bits per heavy atom. The minimum Gasteiger partial charge on any atom is -0.380 e. The Labute approximate surface area is 124 Å². The SMILES string of the molecule is CCNCc1cc(S(=O)(=O)NC2CCOC2)ccc1Cl. The standard InChI is InChI=1S/C13H19ClN2O3S/c1-2-15-8-10-7-12(3-4-13(10)14)20(17,18)16-11-5-6-19-9-11/h3-4,7,11,15-16H,2,5-6,8-9H2,1H3. The van der Waals surface area contributed by atoms with Crippen molar-refractivity contribution < 1.29 is 13.2 Å². The van der Waals surface area contributed by atoms with Gasteiger partial charge in [0.1, 0.15) is 0 Å². The largest absolute Gasteiger partial charge is 0.380 e. The molecule has 1 aromatic rings. The molecule has 0 amide bonds. The van der Waals surface area contributed by atoms with Gasteiger partial charge in [-0.3, -0.25) is 0 Å². The smallest absolute Gasteiger partial charge is 0.240 e. The number of hydrogen-bond acceptors (Lipinski definition) is 4. The molecule has 1 fully saturated rings. The van der Waals surface area contributed by atoms with E-state index in [1.165, 1.54) is 6.07 Å². The van der Waals surface area contributed by atoms with Gasteiger partial charge in [-0.05, 0) is 36.7 Å². The van der Waals surface area contributed by atoms with E-state index in [1.807, 2.05) is 6.92 Å². The summed E-state index contributed by atoms with van der Waals surface area (Å²) in [7, 11) is -3.52. The van der Waals surface area contributed by atoms with Gasteiger partial charge in [-0.1, -0.05) is 18.5 Å². The van der Waals surface area contributed by atoms with E-state index in [1.54, 1.807) is 12.1 Å². The summed E-state index contributed by atoms with van der Waals surface area (Å²) in [5, 5.41) is 3.70. The van der Waals surface area contributed by atoms with Crippen LogP contribution < -0.4 is 10.0 Å². The maximum Gasteiger partial charge on any atom is 0.240 e. The van der Waals surface area contributed by atoms with Crippen molar-refractivity contribution >= 4 is 21.6 Å². The second kappa shape index (κ2) is 6.87. The lowest BCUT2D eigenvalue weighted by molar-refractivity contribution is 0.192. The molecular weight excluding hydrogens is 300 g/mol. The van der Waals surface area contributed by atoms with Crippen molar-refractivity contribution in [1.82, 2.24) is 10.0 Å². The van der Waals surface area contributed by atoms with Gasteiger partial charge in [-0.2, -0.15) is 0 Å². The maximum atomic E-state index is 12.3.